The van der Waals surface area contributed by atoms with E-state index in [1.165, 1.54) is 23.5 Å². The van der Waals surface area contributed by atoms with Gasteiger partial charge in [0.15, 0.2) is 0 Å². The summed E-state index contributed by atoms with van der Waals surface area (Å²) < 4.78 is 18.2. The van der Waals surface area contributed by atoms with Crippen LogP contribution in [0.4, 0.5) is 4.39 Å². The van der Waals surface area contributed by atoms with E-state index in [0.717, 1.165) is 16.0 Å². The van der Waals surface area contributed by atoms with E-state index in [4.69, 9.17) is 10.00 Å². The normalized spacial score (nSPS) is 9.94. The molecular formula is C13H10FNOS. The first-order chi connectivity index (χ1) is 8.26. The Morgan fingerprint density at radius 3 is 2.65 bits per heavy atom. The molecule has 0 atom stereocenters. The highest BCUT2D eigenvalue weighted by molar-refractivity contribution is 7.14. The van der Waals surface area contributed by atoms with Crippen molar-refractivity contribution in [1.82, 2.24) is 0 Å². The number of rotatable bonds is 3. The van der Waals surface area contributed by atoms with Gasteiger partial charge in [-0.1, -0.05) is 12.1 Å². The van der Waals surface area contributed by atoms with E-state index < -0.39 is 0 Å². The van der Waals surface area contributed by atoms with Gasteiger partial charge in [0.05, 0.1) is 24.5 Å². The molecular weight excluding hydrogens is 237 g/mol. The lowest BCUT2D eigenvalue weighted by Gasteiger charge is -2.04. The standard InChI is InChI=1S/C13H10FNOS/c1-16-12-10(6-7-15)8-17-13(12)9-2-4-11(14)5-3-9/h2-5,8H,6H2,1H3. The van der Waals surface area contributed by atoms with E-state index in [1.807, 2.05) is 5.38 Å². The minimum atomic E-state index is -0.262. The van der Waals surface area contributed by atoms with E-state index in [9.17, 15) is 4.39 Å². The highest BCUT2D eigenvalue weighted by Gasteiger charge is 2.13. The second-order valence-corrected chi connectivity index (χ2v) is 4.34. The van der Waals surface area contributed by atoms with Gasteiger partial charge in [0, 0.05) is 5.56 Å². The predicted molar refractivity (Wildman–Crippen MR) is 65.6 cm³/mol. The van der Waals surface area contributed by atoms with Gasteiger partial charge in [0.1, 0.15) is 11.6 Å². The zero-order valence-electron chi connectivity index (χ0n) is 9.24. The molecule has 4 heteroatoms. The van der Waals surface area contributed by atoms with Crippen LogP contribution >= 0.6 is 11.3 Å². The van der Waals surface area contributed by atoms with Crippen LogP contribution in [-0.4, -0.2) is 7.11 Å². The first kappa shape index (κ1) is 11.6. The van der Waals surface area contributed by atoms with Crippen LogP contribution in [0.15, 0.2) is 29.6 Å². The number of nitriles is 1. The number of benzene rings is 1. The molecule has 0 bridgehead atoms. The molecule has 0 amide bonds. The van der Waals surface area contributed by atoms with Crippen molar-refractivity contribution < 1.29 is 9.13 Å². The molecule has 0 aliphatic rings. The number of hydrogen-bond acceptors (Lipinski definition) is 3. The fourth-order valence-electron chi connectivity index (χ4n) is 1.61. The number of hydrogen-bond donors (Lipinski definition) is 0. The van der Waals surface area contributed by atoms with Gasteiger partial charge in [0.2, 0.25) is 0 Å². The van der Waals surface area contributed by atoms with Gasteiger partial charge >= 0.3 is 0 Å². The predicted octanol–water partition coefficient (Wildman–Crippen LogP) is 3.63. The second kappa shape index (κ2) is 4.98. The van der Waals surface area contributed by atoms with Crippen LogP contribution in [0.2, 0.25) is 0 Å². The molecule has 1 heterocycles. The fraction of sp³-hybridized carbons (Fsp3) is 0.154. The van der Waals surface area contributed by atoms with Crippen LogP contribution in [0.1, 0.15) is 5.56 Å². The Labute approximate surface area is 103 Å². The molecule has 0 radical (unpaired) electrons. The third-order valence-corrected chi connectivity index (χ3v) is 3.46. The van der Waals surface area contributed by atoms with Crippen LogP contribution < -0.4 is 4.74 Å². The van der Waals surface area contributed by atoms with Crippen LogP contribution in [0.25, 0.3) is 10.4 Å². The van der Waals surface area contributed by atoms with Crippen LogP contribution in [0.3, 0.4) is 0 Å². The molecule has 1 aromatic carbocycles. The Hall–Kier alpha value is -1.86. The fourth-order valence-corrected chi connectivity index (χ4v) is 2.66. The molecule has 0 aliphatic heterocycles. The summed E-state index contributed by atoms with van der Waals surface area (Å²) in [5.74, 6) is 0.449. The van der Waals surface area contributed by atoms with Crippen molar-refractivity contribution in [1.29, 1.82) is 5.26 Å². The number of nitrogens with zero attached hydrogens (tertiary/aromatic N) is 1. The zero-order valence-corrected chi connectivity index (χ0v) is 10.1. The minimum Gasteiger partial charge on any atom is -0.495 e. The van der Waals surface area contributed by atoms with Gasteiger partial charge in [-0.25, -0.2) is 4.39 Å². The molecule has 0 saturated carbocycles. The lowest BCUT2D eigenvalue weighted by Crippen LogP contribution is -1.88. The first-order valence-electron chi connectivity index (χ1n) is 5.03. The van der Waals surface area contributed by atoms with E-state index in [1.54, 1.807) is 19.2 Å². The van der Waals surface area contributed by atoms with Crippen LogP contribution in [-0.2, 0) is 6.42 Å². The molecule has 0 unspecified atom stereocenters. The number of thiophene rings is 1. The highest BCUT2D eigenvalue weighted by atomic mass is 32.1. The summed E-state index contributed by atoms with van der Waals surface area (Å²) in [5, 5.41) is 10.6. The average Bonchev–Trinajstić information content (AvgIpc) is 2.73. The van der Waals surface area contributed by atoms with E-state index >= 15 is 0 Å². The summed E-state index contributed by atoms with van der Waals surface area (Å²) in [7, 11) is 1.58. The van der Waals surface area contributed by atoms with Crippen molar-refractivity contribution >= 4 is 11.3 Å². The van der Waals surface area contributed by atoms with E-state index in [2.05, 4.69) is 6.07 Å². The third kappa shape index (κ3) is 2.29. The quantitative estimate of drug-likeness (QED) is 0.829. The van der Waals surface area contributed by atoms with Crippen LogP contribution in [0, 0.1) is 17.1 Å². The Balaban J connectivity index is 2.45. The summed E-state index contributed by atoms with van der Waals surface area (Å²) in [6, 6.07) is 8.35. The SMILES string of the molecule is COc1c(CC#N)csc1-c1ccc(F)cc1. The van der Waals surface area contributed by atoms with Crippen molar-refractivity contribution in [2.24, 2.45) is 0 Å². The summed E-state index contributed by atoms with van der Waals surface area (Å²) in [6.07, 6.45) is 0.320. The molecule has 2 rings (SSSR count). The number of halogens is 1. The van der Waals surface area contributed by atoms with Crippen molar-refractivity contribution in [3.63, 3.8) is 0 Å². The van der Waals surface area contributed by atoms with E-state index in [0.29, 0.717) is 12.2 Å². The molecule has 0 saturated heterocycles. The molecule has 17 heavy (non-hydrogen) atoms. The molecule has 1 aromatic heterocycles. The average molecular weight is 247 g/mol. The largest absolute Gasteiger partial charge is 0.495 e. The topological polar surface area (TPSA) is 33.0 Å². The van der Waals surface area contributed by atoms with Gasteiger partial charge in [0.25, 0.3) is 0 Å². The molecule has 0 N–H and O–H groups in total. The third-order valence-electron chi connectivity index (χ3n) is 2.40. The lowest BCUT2D eigenvalue weighted by atomic mass is 10.1. The lowest BCUT2D eigenvalue weighted by molar-refractivity contribution is 0.414. The Bertz CT molecular complexity index is 554. The second-order valence-electron chi connectivity index (χ2n) is 3.47. The summed E-state index contributed by atoms with van der Waals surface area (Å²) in [5.41, 5.74) is 1.77. The monoisotopic (exact) mass is 247 g/mol. The van der Waals surface area contributed by atoms with Gasteiger partial charge in [-0.15, -0.1) is 11.3 Å². The van der Waals surface area contributed by atoms with Crippen molar-refractivity contribution in [2.45, 2.75) is 6.42 Å². The Morgan fingerprint density at radius 1 is 1.35 bits per heavy atom. The maximum Gasteiger partial charge on any atom is 0.141 e. The summed E-state index contributed by atoms with van der Waals surface area (Å²) in [6.45, 7) is 0. The van der Waals surface area contributed by atoms with Crippen molar-refractivity contribution in [3.05, 3.63) is 41.0 Å². The van der Waals surface area contributed by atoms with Gasteiger partial charge < -0.3 is 4.74 Å². The van der Waals surface area contributed by atoms with E-state index in [-0.39, 0.29) is 5.82 Å². The summed E-state index contributed by atoms with van der Waals surface area (Å²) in [4.78, 5) is 0.928. The van der Waals surface area contributed by atoms with Gasteiger partial charge in [-0.2, -0.15) is 5.26 Å². The minimum absolute atomic E-state index is 0.262. The molecule has 0 spiro atoms. The van der Waals surface area contributed by atoms with Crippen LogP contribution in [0.5, 0.6) is 5.75 Å². The zero-order chi connectivity index (χ0) is 12.3. The Morgan fingerprint density at radius 2 is 2.06 bits per heavy atom. The maximum absolute atomic E-state index is 12.8. The first-order valence-corrected chi connectivity index (χ1v) is 5.91. The maximum atomic E-state index is 12.8. The summed E-state index contributed by atoms with van der Waals surface area (Å²) >= 11 is 1.50. The molecule has 2 aromatic rings. The number of ether oxygens (including phenoxy) is 1. The molecule has 2 nitrogen and oxygen atoms in total. The number of methoxy groups -OCH3 is 1. The molecule has 0 fully saturated rings. The van der Waals surface area contributed by atoms with Gasteiger partial charge in [-0.05, 0) is 23.1 Å². The molecule has 0 aliphatic carbocycles. The smallest absolute Gasteiger partial charge is 0.141 e. The highest BCUT2D eigenvalue weighted by Crippen LogP contribution is 2.39. The Kier molecular flexibility index (Phi) is 3.40. The van der Waals surface area contributed by atoms with Gasteiger partial charge in [-0.3, -0.25) is 0 Å². The van der Waals surface area contributed by atoms with Crippen molar-refractivity contribution in [2.75, 3.05) is 7.11 Å². The van der Waals surface area contributed by atoms with Crippen molar-refractivity contribution in [3.8, 4) is 22.3 Å². The molecule has 86 valence electrons.